The van der Waals surface area contributed by atoms with Gasteiger partial charge < -0.3 is 10.1 Å². The molecule has 21 heavy (non-hydrogen) atoms. The van der Waals surface area contributed by atoms with Crippen molar-refractivity contribution in [3.63, 3.8) is 0 Å². The van der Waals surface area contributed by atoms with Gasteiger partial charge in [0.15, 0.2) is 11.6 Å². The maximum atomic E-state index is 13.7. The summed E-state index contributed by atoms with van der Waals surface area (Å²) in [7, 11) is 1.47. The van der Waals surface area contributed by atoms with Crippen LogP contribution in [0.15, 0.2) is 53.4 Å². The van der Waals surface area contributed by atoms with Crippen LogP contribution in [0.5, 0.6) is 5.75 Å². The summed E-state index contributed by atoms with van der Waals surface area (Å²) in [5.74, 6) is 0.945. The summed E-state index contributed by atoms with van der Waals surface area (Å²) in [4.78, 5) is 1.27. The molecule has 112 valence electrons. The second-order valence-corrected chi connectivity index (χ2v) is 5.90. The van der Waals surface area contributed by atoms with Gasteiger partial charge in [-0.15, -0.1) is 11.8 Å². The van der Waals surface area contributed by atoms with E-state index in [2.05, 4.69) is 17.4 Å². The largest absolute Gasteiger partial charge is 0.494 e. The third kappa shape index (κ3) is 4.76. The molecule has 0 aliphatic carbocycles. The molecule has 1 unspecified atom stereocenters. The maximum absolute atomic E-state index is 13.7. The first kappa shape index (κ1) is 15.9. The molecule has 0 saturated heterocycles. The third-order valence-electron chi connectivity index (χ3n) is 3.24. The van der Waals surface area contributed by atoms with Gasteiger partial charge in [0, 0.05) is 23.2 Å². The van der Waals surface area contributed by atoms with E-state index in [0.717, 1.165) is 17.9 Å². The summed E-state index contributed by atoms with van der Waals surface area (Å²) in [6, 6.07) is 15.5. The average molecular weight is 305 g/mol. The maximum Gasteiger partial charge on any atom is 0.165 e. The van der Waals surface area contributed by atoms with Crippen LogP contribution < -0.4 is 10.1 Å². The molecule has 2 aromatic carbocycles. The van der Waals surface area contributed by atoms with Crippen LogP contribution in [0.25, 0.3) is 0 Å². The molecular weight excluding hydrogens is 285 g/mol. The van der Waals surface area contributed by atoms with Gasteiger partial charge in [-0.05, 0) is 36.8 Å². The van der Waals surface area contributed by atoms with Gasteiger partial charge in [0.2, 0.25) is 0 Å². The molecule has 0 saturated carbocycles. The minimum absolute atomic E-state index is 0.113. The first-order chi connectivity index (χ1) is 10.2. The lowest BCUT2D eigenvalue weighted by Gasteiger charge is -2.15. The van der Waals surface area contributed by atoms with Crippen molar-refractivity contribution in [2.45, 2.75) is 17.9 Å². The number of ether oxygens (including phenoxy) is 1. The molecule has 0 aromatic heterocycles. The molecule has 1 atom stereocenters. The molecule has 0 amide bonds. The molecule has 0 heterocycles. The van der Waals surface area contributed by atoms with Gasteiger partial charge in [0.25, 0.3) is 0 Å². The molecule has 0 aliphatic rings. The Kier molecular flexibility index (Phi) is 6.08. The van der Waals surface area contributed by atoms with E-state index in [1.54, 1.807) is 6.07 Å². The molecule has 0 bridgehead atoms. The van der Waals surface area contributed by atoms with Crippen molar-refractivity contribution in [1.29, 1.82) is 0 Å². The van der Waals surface area contributed by atoms with Gasteiger partial charge in [0.1, 0.15) is 0 Å². The minimum Gasteiger partial charge on any atom is -0.494 e. The van der Waals surface area contributed by atoms with Crippen molar-refractivity contribution in [3.05, 3.63) is 59.9 Å². The fourth-order valence-electron chi connectivity index (χ4n) is 2.03. The molecule has 2 nitrogen and oxygen atoms in total. The summed E-state index contributed by atoms with van der Waals surface area (Å²) in [5.41, 5.74) is 0.929. The summed E-state index contributed by atoms with van der Waals surface area (Å²) < 4.78 is 18.6. The standard InChI is InChI=1S/C17H20FNOS/c1-13(14-8-9-17(20-2)16(18)12-14)19-10-11-21-15-6-4-3-5-7-15/h3-9,12-13,19H,10-11H2,1-2H3. The van der Waals surface area contributed by atoms with E-state index in [0.29, 0.717) is 0 Å². The van der Waals surface area contributed by atoms with E-state index in [4.69, 9.17) is 4.74 Å². The Labute approximate surface area is 129 Å². The van der Waals surface area contributed by atoms with E-state index in [-0.39, 0.29) is 17.6 Å². The zero-order valence-electron chi connectivity index (χ0n) is 12.3. The Balaban J connectivity index is 1.79. The van der Waals surface area contributed by atoms with Crippen LogP contribution in [0.3, 0.4) is 0 Å². The van der Waals surface area contributed by atoms with Crippen molar-refractivity contribution >= 4 is 11.8 Å². The molecule has 0 radical (unpaired) electrons. The predicted molar refractivity (Wildman–Crippen MR) is 86.5 cm³/mol. The fraction of sp³-hybridized carbons (Fsp3) is 0.294. The number of thioether (sulfide) groups is 1. The summed E-state index contributed by atoms with van der Waals surface area (Å²) >= 11 is 1.81. The quantitative estimate of drug-likeness (QED) is 0.609. The number of methoxy groups -OCH3 is 1. The van der Waals surface area contributed by atoms with Crippen molar-refractivity contribution in [1.82, 2.24) is 5.32 Å². The number of hydrogen-bond donors (Lipinski definition) is 1. The van der Waals surface area contributed by atoms with Crippen LogP contribution in [-0.4, -0.2) is 19.4 Å². The Bertz CT molecular complexity index is 562. The zero-order chi connectivity index (χ0) is 15.1. The minimum atomic E-state index is -0.317. The van der Waals surface area contributed by atoms with E-state index in [9.17, 15) is 4.39 Å². The number of benzene rings is 2. The zero-order valence-corrected chi connectivity index (χ0v) is 13.1. The van der Waals surface area contributed by atoms with Crippen LogP contribution >= 0.6 is 11.8 Å². The fourth-order valence-corrected chi connectivity index (χ4v) is 2.84. The second-order valence-electron chi connectivity index (χ2n) is 4.73. The van der Waals surface area contributed by atoms with Gasteiger partial charge in [0.05, 0.1) is 7.11 Å². The van der Waals surface area contributed by atoms with E-state index in [1.807, 2.05) is 43.0 Å². The Hall–Kier alpha value is -1.52. The van der Waals surface area contributed by atoms with Crippen LogP contribution in [0.4, 0.5) is 4.39 Å². The Morgan fingerprint density at radius 3 is 2.62 bits per heavy atom. The van der Waals surface area contributed by atoms with E-state index < -0.39 is 0 Å². The highest BCUT2D eigenvalue weighted by Gasteiger charge is 2.08. The lowest BCUT2D eigenvalue weighted by molar-refractivity contribution is 0.385. The molecular formula is C17H20FNOS. The van der Waals surface area contributed by atoms with E-state index >= 15 is 0 Å². The molecule has 0 fully saturated rings. The molecule has 2 aromatic rings. The number of nitrogens with one attached hydrogen (secondary N) is 1. The first-order valence-corrected chi connectivity index (χ1v) is 7.94. The third-order valence-corrected chi connectivity index (χ3v) is 4.25. The van der Waals surface area contributed by atoms with Crippen molar-refractivity contribution in [2.24, 2.45) is 0 Å². The number of hydrogen-bond acceptors (Lipinski definition) is 3. The SMILES string of the molecule is COc1ccc(C(C)NCCSc2ccccc2)cc1F. The normalized spacial score (nSPS) is 12.1. The highest BCUT2D eigenvalue weighted by Crippen LogP contribution is 2.22. The van der Waals surface area contributed by atoms with Crippen LogP contribution in [0.1, 0.15) is 18.5 Å². The second kappa shape index (κ2) is 8.05. The lowest BCUT2D eigenvalue weighted by Crippen LogP contribution is -2.21. The van der Waals surface area contributed by atoms with Crippen molar-refractivity contribution < 1.29 is 9.13 Å². The van der Waals surface area contributed by atoms with Gasteiger partial charge in [-0.2, -0.15) is 0 Å². The van der Waals surface area contributed by atoms with Crippen LogP contribution in [-0.2, 0) is 0 Å². The van der Waals surface area contributed by atoms with Crippen LogP contribution in [0.2, 0.25) is 0 Å². The first-order valence-electron chi connectivity index (χ1n) is 6.95. The van der Waals surface area contributed by atoms with Gasteiger partial charge in [-0.3, -0.25) is 0 Å². The highest BCUT2D eigenvalue weighted by molar-refractivity contribution is 7.99. The lowest BCUT2D eigenvalue weighted by atomic mass is 10.1. The number of halogens is 1. The molecule has 4 heteroatoms. The van der Waals surface area contributed by atoms with Gasteiger partial charge >= 0.3 is 0 Å². The Morgan fingerprint density at radius 1 is 1.19 bits per heavy atom. The van der Waals surface area contributed by atoms with Gasteiger partial charge in [-0.1, -0.05) is 24.3 Å². The predicted octanol–water partition coefficient (Wildman–Crippen LogP) is 4.28. The van der Waals surface area contributed by atoms with Crippen LogP contribution in [0, 0.1) is 5.82 Å². The molecule has 0 aliphatic heterocycles. The summed E-state index contributed by atoms with van der Waals surface area (Å²) in [5, 5.41) is 3.41. The smallest absolute Gasteiger partial charge is 0.165 e. The topological polar surface area (TPSA) is 21.3 Å². The number of rotatable bonds is 7. The average Bonchev–Trinajstić information content (AvgIpc) is 2.52. The highest BCUT2D eigenvalue weighted by atomic mass is 32.2. The Morgan fingerprint density at radius 2 is 1.95 bits per heavy atom. The van der Waals surface area contributed by atoms with E-state index in [1.165, 1.54) is 18.1 Å². The van der Waals surface area contributed by atoms with Crippen molar-refractivity contribution in [3.8, 4) is 5.75 Å². The van der Waals surface area contributed by atoms with Crippen molar-refractivity contribution in [2.75, 3.05) is 19.4 Å². The monoisotopic (exact) mass is 305 g/mol. The molecule has 0 spiro atoms. The summed E-state index contributed by atoms with van der Waals surface area (Å²) in [6.45, 7) is 2.91. The molecule has 2 rings (SSSR count). The molecule has 1 N–H and O–H groups in total. The van der Waals surface area contributed by atoms with Gasteiger partial charge in [-0.25, -0.2) is 4.39 Å². The summed E-state index contributed by atoms with van der Waals surface area (Å²) in [6.07, 6.45) is 0.